The lowest BCUT2D eigenvalue weighted by Crippen LogP contribution is -2.05. The average molecular weight is 325 g/mol. The Morgan fingerprint density at radius 3 is 2.75 bits per heavy atom. The van der Waals surface area contributed by atoms with Gasteiger partial charge in [0.25, 0.3) is 0 Å². The van der Waals surface area contributed by atoms with Crippen molar-refractivity contribution in [3.63, 3.8) is 0 Å². The van der Waals surface area contributed by atoms with Crippen LogP contribution in [0.1, 0.15) is 24.5 Å². The number of ether oxygens (including phenoxy) is 2. The van der Waals surface area contributed by atoms with Gasteiger partial charge in [-0.1, -0.05) is 19.1 Å². The summed E-state index contributed by atoms with van der Waals surface area (Å²) < 4.78 is 23.7. The Bertz CT molecular complexity index is 810. The Morgan fingerprint density at radius 2 is 2.00 bits per heavy atom. The molecule has 0 saturated heterocycles. The van der Waals surface area contributed by atoms with Gasteiger partial charge in [0, 0.05) is 5.56 Å². The van der Waals surface area contributed by atoms with Gasteiger partial charge in [-0.05, 0) is 54.5 Å². The van der Waals surface area contributed by atoms with Crippen LogP contribution in [0.4, 0.5) is 4.39 Å². The summed E-state index contributed by atoms with van der Waals surface area (Å²) in [6, 6.07) is 13.0. The fourth-order valence-electron chi connectivity index (χ4n) is 2.20. The minimum Gasteiger partial charge on any atom is -0.494 e. The molecule has 5 heteroatoms. The van der Waals surface area contributed by atoms with Crippen LogP contribution in [0.15, 0.2) is 59.2 Å². The first-order chi connectivity index (χ1) is 11.7. The summed E-state index contributed by atoms with van der Waals surface area (Å²) in [6.07, 6.45) is 2.56. The SMILES string of the molecule is CCCOc1cccc(/C=C2/N=C(c3ccc(F)cc3)OC2=O)c1. The number of carbonyl (C=O) groups is 1. The zero-order valence-corrected chi connectivity index (χ0v) is 13.2. The highest BCUT2D eigenvalue weighted by molar-refractivity contribution is 6.12. The molecule has 4 nitrogen and oxygen atoms in total. The predicted octanol–water partition coefficient (Wildman–Crippen LogP) is 3.96. The van der Waals surface area contributed by atoms with Crippen molar-refractivity contribution in [2.24, 2.45) is 4.99 Å². The second-order valence-electron chi connectivity index (χ2n) is 5.26. The van der Waals surface area contributed by atoms with Crippen LogP contribution < -0.4 is 4.74 Å². The number of carbonyl (C=O) groups excluding carboxylic acids is 1. The average Bonchev–Trinajstić information content (AvgIpc) is 2.95. The Kier molecular flexibility index (Phi) is 4.70. The standard InChI is InChI=1S/C19H16FNO3/c1-2-10-23-16-5-3-4-13(11-16)12-17-19(22)24-18(21-17)14-6-8-15(20)9-7-14/h3-9,11-12H,2,10H2,1H3/b17-12+. The number of nitrogens with zero attached hydrogens (tertiary/aromatic N) is 1. The number of rotatable bonds is 5. The molecule has 24 heavy (non-hydrogen) atoms. The van der Waals surface area contributed by atoms with Crippen molar-refractivity contribution in [3.8, 4) is 5.75 Å². The van der Waals surface area contributed by atoms with Gasteiger partial charge in [0.15, 0.2) is 5.70 Å². The smallest absolute Gasteiger partial charge is 0.363 e. The van der Waals surface area contributed by atoms with E-state index in [0.717, 1.165) is 17.7 Å². The molecule has 0 aromatic heterocycles. The number of halogens is 1. The monoisotopic (exact) mass is 325 g/mol. The fraction of sp³-hybridized carbons (Fsp3) is 0.158. The number of hydrogen-bond donors (Lipinski definition) is 0. The molecule has 2 aromatic rings. The molecule has 0 spiro atoms. The zero-order valence-electron chi connectivity index (χ0n) is 13.2. The molecule has 122 valence electrons. The van der Waals surface area contributed by atoms with Crippen LogP contribution in [0.5, 0.6) is 5.75 Å². The molecular weight excluding hydrogens is 309 g/mol. The summed E-state index contributed by atoms with van der Waals surface area (Å²) in [5.74, 6) is 0.0162. The van der Waals surface area contributed by atoms with Crippen LogP contribution in [0.2, 0.25) is 0 Å². The van der Waals surface area contributed by atoms with Crippen molar-refractivity contribution in [1.29, 1.82) is 0 Å². The van der Waals surface area contributed by atoms with E-state index in [-0.39, 0.29) is 17.4 Å². The van der Waals surface area contributed by atoms with Crippen molar-refractivity contribution in [1.82, 2.24) is 0 Å². The van der Waals surface area contributed by atoms with E-state index in [1.807, 2.05) is 31.2 Å². The van der Waals surface area contributed by atoms with Crippen LogP contribution in [-0.2, 0) is 9.53 Å². The Balaban J connectivity index is 1.84. The first-order valence-electron chi connectivity index (χ1n) is 7.67. The number of hydrogen-bond acceptors (Lipinski definition) is 4. The molecule has 2 aromatic carbocycles. The van der Waals surface area contributed by atoms with Gasteiger partial charge in [-0.15, -0.1) is 0 Å². The van der Waals surface area contributed by atoms with E-state index in [9.17, 15) is 9.18 Å². The molecular formula is C19H16FNO3. The zero-order chi connectivity index (χ0) is 16.9. The number of esters is 1. The topological polar surface area (TPSA) is 47.9 Å². The molecule has 0 aliphatic carbocycles. The first-order valence-corrected chi connectivity index (χ1v) is 7.67. The van der Waals surface area contributed by atoms with Gasteiger partial charge in [0.05, 0.1) is 6.61 Å². The van der Waals surface area contributed by atoms with Crippen LogP contribution in [0.3, 0.4) is 0 Å². The number of aliphatic imine (C=N–C) groups is 1. The van der Waals surface area contributed by atoms with Gasteiger partial charge in [-0.3, -0.25) is 0 Å². The minimum atomic E-state index is -0.533. The van der Waals surface area contributed by atoms with Crippen molar-refractivity contribution in [2.45, 2.75) is 13.3 Å². The molecule has 0 fully saturated rings. The summed E-state index contributed by atoms with van der Waals surface area (Å²) in [7, 11) is 0. The quantitative estimate of drug-likeness (QED) is 0.617. The Hall–Kier alpha value is -2.95. The molecule has 0 saturated carbocycles. The third kappa shape index (κ3) is 3.68. The van der Waals surface area contributed by atoms with Gasteiger partial charge in [-0.25, -0.2) is 14.2 Å². The van der Waals surface area contributed by atoms with E-state index in [1.165, 1.54) is 24.3 Å². The molecule has 1 aliphatic rings. The number of cyclic esters (lactones) is 1. The maximum Gasteiger partial charge on any atom is 0.363 e. The Morgan fingerprint density at radius 1 is 1.21 bits per heavy atom. The third-order valence-corrected chi connectivity index (χ3v) is 3.35. The van der Waals surface area contributed by atoms with Gasteiger partial charge in [-0.2, -0.15) is 0 Å². The van der Waals surface area contributed by atoms with Gasteiger partial charge >= 0.3 is 5.97 Å². The lowest BCUT2D eigenvalue weighted by Gasteiger charge is -2.04. The molecule has 0 N–H and O–H groups in total. The van der Waals surface area contributed by atoms with E-state index in [2.05, 4.69) is 4.99 Å². The lowest BCUT2D eigenvalue weighted by molar-refractivity contribution is -0.129. The van der Waals surface area contributed by atoms with E-state index < -0.39 is 5.97 Å². The molecule has 0 amide bonds. The van der Waals surface area contributed by atoms with Crippen molar-refractivity contribution in [3.05, 3.63) is 71.2 Å². The van der Waals surface area contributed by atoms with Gasteiger partial charge in [0.2, 0.25) is 5.90 Å². The summed E-state index contributed by atoms with van der Waals surface area (Å²) in [6.45, 7) is 2.67. The van der Waals surface area contributed by atoms with Gasteiger partial charge in [0.1, 0.15) is 11.6 Å². The highest BCUT2D eigenvalue weighted by atomic mass is 19.1. The highest BCUT2D eigenvalue weighted by Crippen LogP contribution is 2.21. The van der Waals surface area contributed by atoms with E-state index in [0.29, 0.717) is 12.2 Å². The lowest BCUT2D eigenvalue weighted by atomic mass is 10.2. The largest absolute Gasteiger partial charge is 0.494 e. The maximum atomic E-state index is 13.0. The molecule has 0 bridgehead atoms. The maximum absolute atomic E-state index is 13.0. The molecule has 0 atom stereocenters. The van der Waals surface area contributed by atoms with Crippen LogP contribution in [0, 0.1) is 5.82 Å². The Labute approximate surface area is 139 Å². The molecule has 0 radical (unpaired) electrons. The van der Waals surface area contributed by atoms with Gasteiger partial charge < -0.3 is 9.47 Å². The predicted molar refractivity (Wildman–Crippen MR) is 89.2 cm³/mol. The summed E-state index contributed by atoms with van der Waals surface area (Å²) in [4.78, 5) is 16.2. The summed E-state index contributed by atoms with van der Waals surface area (Å²) in [5, 5.41) is 0. The van der Waals surface area contributed by atoms with Crippen molar-refractivity contribution in [2.75, 3.05) is 6.61 Å². The first kappa shape index (κ1) is 15.9. The molecule has 1 heterocycles. The third-order valence-electron chi connectivity index (χ3n) is 3.35. The van der Waals surface area contributed by atoms with Crippen molar-refractivity contribution >= 4 is 17.9 Å². The number of benzene rings is 2. The molecule has 0 unspecified atom stereocenters. The van der Waals surface area contributed by atoms with E-state index in [4.69, 9.17) is 9.47 Å². The second kappa shape index (κ2) is 7.08. The van der Waals surface area contributed by atoms with E-state index >= 15 is 0 Å². The van der Waals surface area contributed by atoms with Crippen LogP contribution >= 0.6 is 0 Å². The second-order valence-corrected chi connectivity index (χ2v) is 5.26. The highest BCUT2D eigenvalue weighted by Gasteiger charge is 2.24. The van der Waals surface area contributed by atoms with E-state index in [1.54, 1.807) is 6.08 Å². The summed E-state index contributed by atoms with van der Waals surface area (Å²) >= 11 is 0. The minimum absolute atomic E-state index is 0.171. The summed E-state index contributed by atoms with van der Waals surface area (Å²) in [5.41, 5.74) is 1.54. The fourth-order valence-corrected chi connectivity index (χ4v) is 2.20. The van der Waals surface area contributed by atoms with Crippen LogP contribution in [-0.4, -0.2) is 18.5 Å². The molecule has 3 rings (SSSR count). The normalized spacial score (nSPS) is 15.3. The van der Waals surface area contributed by atoms with Crippen LogP contribution in [0.25, 0.3) is 6.08 Å². The van der Waals surface area contributed by atoms with Crippen molar-refractivity contribution < 1.29 is 18.7 Å². The molecule has 1 aliphatic heterocycles.